The molecule has 0 aliphatic heterocycles. The molecule has 0 amide bonds. The number of nitrogens with zero attached hydrogens (tertiary/aromatic N) is 2. The van der Waals surface area contributed by atoms with Crippen LogP contribution in [0.4, 0.5) is 5.69 Å². The zero-order valence-corrected chi connectivity index (χ0v) is 11.5. The van der Waals surface area contributed by atoms with Crippen molar-refractivity contribution in [1.29, 1.82) is 5.26 Å². The second-order valence-corrected chi connectivity index (χ2v) is 6.16. The first-order valence-corrected chi connectivity index (χ1v) is 6.96. The third-order valence-electron chi connectivity index (χ3n) is 2.89. The fourth-order valence-corrected chi connectivity index (χ4v) is 3.35. The summed E-state index contributed by atoms with van der Waals surface area (Å²) in [6.45, 7) is 3.39. The molecule has 1 rings (SSSR count). The summed E-state index contributed by atoms with van der Waals surface area (Å²) in [5, 5.41) is 8.63. The van der Waals surface area contributed by atoms with Crippen LogP contribution in [0.2, 0.25) is 0 Å². The minimum Gasteiger partial charge on any atom is -0.398 e. The third-order valence-corrected chi connectivity index (χ3v) is 5.08. The lowest BCUT2D eigenvalue weighted by Gasteiger charge is -2.24. The maximum Gasteiger partial charge on any atom is 0.245 e. The monoisotopic (exact) mass is 267 g/mol. The molecule has 1 aromatic carbocycles. The molecule has 0 saturated heterocycles. The number of rotatable bonds is 4. The molecule has 98 valence electrons. The van der Waals surface area contributed by atoms with Crippen molar-refractivity contribution in [2.45, 2.75) is 31.2 Å². The Hall–Kier alpha value is -1.58. The highest BCUT2D eigenvalue weighted by Crippen LogP contribution is 2.26. The molecule has 1 aromatic rings. The molecule has 0 bridgehead atoms. The van der Waals surface area contributed by atoms with Crippen molar-refractivity contribution < 1.29 is 8.42 Å². The van der Waals surface area contributed by atoms with Crippen molar-refractivity contribution in [3.05, 3.63) is 23.8 Å². The molecule has 0 heterocycles. The van der Waals surface area contributed by atoms with Gasteiger partial charge in [-0.1, -0.05) is 12.1 Å². The zero-order chi connectivity index (χ0) is 13.9. The van der Waals surface area contributed by atoms with Crippen LogP contribution in [0.1, 0.15) is 18.9 Å². The number of aryl methyl sites for hydroxylation is 1. The Morgan fingerprint density at radius 1 is 1.50 bits per heavy atom. The topological polar surface area (TPSA) is 87.2 Å². The SMILES string of the molecule is Cc1cccc(N)c1S(=O)(=O)N(C)C(C)CC#N. The molecule has 1 unspecified atom stereocenters. The number of sulfonamides is 1. The van der Waals surface area contributed by atoms with Crippen LogP contribution in [0, 0.1) is 18.3 Å². The van der Waals surface area contributed by atoms with Crippen molar-refractivity contribution in [1.82, 2.24) is 4.31 Å². The molecule has 2 N–H and O–H groups in total. The van der Waals surface area contributed by atoms with Gasteiger partial charge in [-0.25, -0.2) is 8.42 Å². The van der Waals surface area contributed by atoms with Crippen LogP contribution in [-0.2, 0) is 10.0 Å². The molecular formula is C12H17N3O2S. The van der Waals surface area contributed by atoms with Crippen LogP contribution in [0.15, 0.2) is 23.1 Å². The zero-order valence-electron chi connectivity index (χ0n) is 10.7. The van der Waals surface area contributed by atoms with Crippen molar-refractivity contribution in [3.63, 3.8) is 0 Å². The Bertz CT molecular complexity index is 555. The van der Waals surface area contributed by atoms with E-state index in [0.29, 0.717) is 5.56 Å². The van der Waals surface area contributed by atoms with Gasteiger partial charge < -0.3 is 5.73 Å². The Labute approximate surface area is 108 Å². The molecule has 0 aromatic heterocycles. The summed E-state index contributed by atoms with van der Waals surface area (Å²) in [5.74, 6) is 0. The Kier molecular flexibility index (Phi) is 4.33. The molecule has 18 heavy (non-hydrogen) atoms. The van der Waals surface area contributed by atoms with Gasteiger partial charge in [-0.2, -0.15) is 9.57 Å². The minimum absolute atomic E-state index is 0.122. The van der Waals surface area contributed by atoms with Crippen LogP contribution < -0.4 is 5.73 Å². The van der Waals surface area contributed by atoms with E-state index in [2.05, 4.69) is 0 Å². The van der Waals surface area contributed by atoms with Gasteiger partial charge in [-0.05, 0) is 25.5 Å². The van der Waals surface area contributed by atoms with E-state index in [-0.39, 0.29) is 23.0 Å². The van der Waals surface area contributed by atoms with E-state index in [1.165, 1.54) is 11.4 Å². The number of nitriles is 1. The molecule has 1 atom stereocenters. The fraction of sp³-hybridized carbons (Fsp3) is 0.417. The first-order valence-electron chi connectivity index (χ1n) is 5.52. The highest BCUT2D eigenvalue weighted by Gasteiger charge is 2.28. The van der Waals surface area contributed by atoms with E-state index in [1.54, 1.807) is 32.0 Å². The standard InChI is InChI=1S/C12H17N3O2S/c1-9-5-4-6-11(14)12(9)18(16,17)15(3)10(2)7-8-13/h4-6,10H,7,14H2,1-3H3. The van der Waals surface area contributed by atoms with Gasteiger partial charge in [0.15, 0.2) is 0 Å². The van der Waals surface area contributed by atoms with Gasteiger partial charge >= 0.3 is 0 Å². The maximum atomic E-state index is 12.4. The summed E-state index contributed by atoms with van der Waals surface area (Å²) < 4.78 is 26.0. The van der Waals surface area contributed by atoms with Gasteiger partial charge in [0.2, 0.25) is 10.0 Å². The number of nitrogen functional groups attached to an aromatic ring is 1. The Morgan fingerprint density at radius 3 is 2.61 bits per heavy atom. The number of nitrogens with two attached hydrogens (primary N) is 1. The number of benzene rings is 1. The van der Waals surface area contributed by atoms with Crippen molar-refractivity contribution in [2.24, 2.45) is 0 Å². The number of hydrogen-bond acceptors (Lipinski definition) is 4. The van der Waals surface area contributed by atoms with Crippen molar-refractivity contribution in [3.8, 4) is 6.07 Å². The van der Waals surface area contributed by atoms with E-state index in [4.69, 9.17) is 11.0 Å². The van der Waals surface area contributed by atoms with Gasteiger partial charge in [0.1, 0.15) is 4.90 Å². The van der Waals surface area contributed by atoms with Crippen LogP contribution in [-0.4, -0.2) is 25.8 Å². The normalized spacial score (nSPS) is 13.3. The summed E-state index contributed by atoms with van der Waals surface area (Å²) >= 11 is 0. The molecule has 5 nitrogen and oxygen atoms in total. The molecule has 0 aliphatic carbocycles. The van der Waals surface area contributed by atoms with Gasteiger partial charge in [0.05, 0.1) is 18.2 Å². The lowest BCUT2D eigenvalue weighted by Crippen LogP contribution is -2.35. The first-order chi connectivity index (χ1) is 8.32. The summed E-state index contributed by atoms with van der Waals surface area (Å²) in [6.07, 6.45) is 0.140. The average Bonchev–Trinajstić information content (AvgIpc) is 2.27. The summed E-state index contributed by atoms with van der Waals surface area (Å²) in [5.41, 5.74) is 6.58. The maximum absolute atomic E-state index is 12.4. The first kappa shape index (κ1) is 14.5. The van der Waals surface area contributed by atoms with Crippen molar-refractivity contribution >= 4 is 15.7 Å². The number of anilines is 1. The van der Waals surface area contributed by atoms with Crippen LogP contribution in [0.25, 0.3) is 0 Å². The summed E-state index contributed by atoms with van der Waals surface area (Å²) in [7, 11) is -2.20. The molecule has 0 saturated carbocycles. The molecule has 0 fully saturated rings. The minimum atomic E-state index is -3.66. The highest BCUT2D eigenvalue weighted by molar-refractivity contribution is 7.89. The smallest absolute Gasteiger partial charge is 0.245 e. The molecule has 0 spiro atoms. The van der Waals surface area contributed by atoms with Gasteiger partial charge in [-0.3, -0.25) is 0 Å². The lowest BCUT2D eigenvalue weighted by atomic mass is 10.2. The lowest BCUT2D eigenvalue weighted by molar-refractivity contribution is 0.393. The van der Waals surface area contributed by atoms with E-state index >= 15 is 0 Å². The Morgan fingerprint density at radius 2 is 2.11 bits per heavy atom. The number of hydrogen-bond donors (Lipinski definition) is 1. The largest absolute Gasteiger partial charge is 0.398 e. The van der Waals surface area contributed by atoms with E-state index in [0.717, 1.165) is 0 Å². The second-order valence-electron chi connectivity index (χ2n) is 4.23. The quantitative estimate of drug-likeness (QED) is 0.837. The van der Waals surface area contributed by atoms with Crippen molar-refractivity contribution in [2.75, 3.05) is 12.8 Å². The van der Waals surface area contributed by atoms with Crippen LogP contribution >= 0.6 is 0 Å². The molecule has 0 aliphatic rings. The van der Waals surface area contributed by atoms with Crippen LogP contribution in [0.3, 0.4) is 0 Å². The van der Waals surface area contributed by atoms with Gasteiger partial charge in [-0.15, -0.1) is 0 Å². The summed E-state index contributed by atoms with van der Waals surface area (Å²) in [6, 6.07) is 6.54. The molecular weight excluding hydrogens is 250 g/mol. The van der Waals surface area contributed by atoms with Gasteiger partial charge in [0, 0.05) is 13.1 Å². The predicted molar refractivity (Wildman–Crippen MR) is 70.2 cm³/mol. The average molecular weight is 267 g/mol. The molecule has 0 radical (unpaired) electrons. The van der Waals surface area contributed by atoms with E-state index < -0.39 is 10.0 Å². The second kappa shape index (κ2) is 5.38. The predicted octanol–water partition coefficient (Wildman–Crippen LogP) is 1.50. The fourth-order valence-electron chi connectivity index (χ4n) is 1.67. The highest BCUT2D eigenvalue weighted by atomic mass is 32.2. The molecule has 6 heteroatoms. The third kappa shape index (κ3) is 2.63. The van der Waals surface area contributed by atoms with Crippen LogP contribution in [0.5, 0.6) is 0 Å². The summed E-state index contributed by atoms with van der Waals surface area (Å²) in [4.78, 5) is 0.122. The van der Waals surface area contributed by atoms with E-state index in [9.17, 15) is 8.42 Å². The van der Waals surface area contributed by atoms with Gasteiger partial charge in [0.25, 0.3) is 0 Å². The van der Waals surface area contributed by atoms with E-state index in [1.807, 2.05) is 6.07 Å². The Balaban J connectivity index is 3.27.